The van der Waals surface area contributed by atoms with E-state index in [4.69, 9.17) is 0 Å². The van der Waals surface area contributed by atoms with Gasteiger partial charge >= 0.3 is 0 Å². The van der Waals surface area contributed by atoms with Crippen molar-refractivity contribution < 1.29 is 51.7 Å². The number of rotatable bonds is 10. The van der Waals surface area contributed by atoms with E-state index in [2.05, 4.69) is 115 Å². The molecule has 0 nitrogen and oxygen atoms in total. The second-order valence-electron chi connectivity index (χ2n) is 10.5. The topological polar surface area (TPSA) is 0 Å². The van der Waals surface area contributed by atoms with Crippen molar-refractivity contribution in [3.05, 3.63) is 94.2 Å². The van der Waals surface area contributed by atoms with Gasteiger partial charge in [0.2, 0.25) is 0 Å². The van der Waals surface area contributed by atoms with Crippen LogP contribution in [0.1, 0.15) is 131 Å². The third kappa shape index (κ3) is 25.0. The molecule has 1 radical (unpaired) electrons. The summed E-state index contributed by atoms with van der Waals surface area (Å²) < 4.78 is 0. The molecule has 0 aromatic rings. The number of allylic oxidation sites excluding steroid dienone is 16. The van der Waals surface area contributed by atoms with Crippen LogP contribution in [0.5, 0.6) is 0 Å². The van der Waals surface area contributed by atoms with Crippen LogP contribution in [0.15, 0.2) is 69.9 Å². The average molecular weight is 901 g/mol. The molecule has 0 unspecified atom stereocenters. The van der Waals surface area contributed by atoms with Gasteiger partial charge in [-0.3, -0.25) is 24.3 Å². The van der Waals surface area contributed by atoms with Gasteiger partial charge in [0.1, 0.15) is 0 Å². The van der Waals surface area contributed by atoms with E-state index in [1.54, 1.807) is 11.1 Å². The van der Waals surface area contributed by atoms with Crippen LogP contribution in [0.25, 0.3) is 0 Å². The predicted molar refractivity (Wildman–Crippen MR) is 179 cm³/mol. The van der Waals surface area contributed by atoms with Gasteiger partial charge in [-0.1, -0.05) is 132 Å². The molecule has 0 bridgehead atoms. The maximum Gasteiger partial charge on any atom is 0.0213 e. The van der Waals surface area contributed by atoms with Crippen molar-refractivity contribution >= 4 is 9.52 Å². The Hall–Kier alpha value is -0.123. The Bertz CT molecular complexity index is 806. The van der Waals surface area contributed by atoms with Crippen LogP contribution < -0.4 is 0 Å². The average Bonchev–Trinajstić information content (AvgIpc) is 3.75. The van der Waals surface area contributed by atoms with E-state index in [9.17, 15) is 0 Å². The minimum atomic E-state index is 0. The minimum absolute atomic E-state index is 0. The van der Waals surface area contributed by atoms with Crippen LogP contribution >= 0.6 is 0 Å². The van der Waals surface area contributed by atoms with E-state index in [1.807, 2.05) is 0 Å². The molecule has 4 aliphatic carbocycles. The Labute approximate surface area is 297 Å². The van der Waals surface area contributed by atoms with Crippen molar-refractivity contribution in [2.45, 2.75) is 145 Å². The fraction of sp³-hybridized carbons (Fsp3) is 0.579. The van der Waals surface area contributed by atoms with Crippen molar-refractivity contribution in [2.75, 3.05) is 0 Å². The monoisotopic (exact) mass is 903 g/mol. The van der Waals surface area contributed by atoms with Crippen molar-refractivity contribution in [3.8, 4) is 0 Å². The third-order valence-corrected chi connectivity index (χ3v) is 6.63. The molecule has 4 rings (SSSR count). The molecule has 0 fully saturated rings. The Morgan fingerprint density at radius 1 is 0.610 bits per heavy atom. The van der Waals surface area contributed by atoms with Crippen LogP contribution in [0.3, 0.4) is 0 Å². The summed E-state index contributed by atoms with van der Waals surface area (Å²) >= 11 is 0. The van der Waals surface area contributed by atoms with Gasteiger partial charge in [-0.15, -0.1) is 12.8 Å². The molecule has 0 amide bonds. The predicted octanol–water partition coefficient (Wildman–Crippen LogP) is 12.0. The molecule has 0 saturated carbocycles. The second kappa shape index (κ2) is 32.8. The van der Waals surface area contributed by atoms with E-state index < -0.39 is 0 Å². The van der Waals surface area contributed by atoms with Gasteiger partial charge in [0.15, 0.2) is 0 Å². The van der Waals surface area contributed by atoms with Gasteiger partial charge in [0.25, 0.3) is 0 Å². The van der Waals surface area contributed by atoms with Crippen LogP contribution in [-0.4, -0.2) is 9.52 Å². The molecule has 0 aromatic carbocycles. The van der Waals surface area contributed by atoms with Crippen LogP contribution in [0, 0.1) is 24.3 Å². The molecule has 0 aliphatic heterocycles. The summed E-state index contributed by atoms with van der Waals surface area (Å²) in [7, 11) is 0.750. The zero-order valence-electron chi connectivity index (χ0n) is 27.9. The molecule has 0 aromatic heterocycles. The number of hydrogen-bond acceptors (Lipinski definition) is 0. The molecule has 0 spiro atoms. The van der Waals surface area contributed by atoms with Gasteiger partial charge < -0.3 is 0 Å². The third-order valence-electron chi connectivity index (χ3n) is 6.63. The van der Waals surface area contributed by atoms with Crippen molar-refractivity contribution in [1.29, 1.82) is 0 Å². The quantitative estimate of drug-likeness (QED) is 0.151. The molecular weight excluding hydrogens is 841 g/mol. The molecule has 0 saturated heterocycles. The van der Waals surface area contributed by atoms with E-state index in [0.29, 0.717) is 0 Å². The SMILES string of the molecule is CCCC1=C(C)[C-]=CC1.CCCC1=C(C)[C-]=CC1.CCCCC1=[C-]CC=C1.CCCCC1=[C-]CC=C1.C[SiH]C.[Hf].[Hf]. The molecule has 0 atom stereocenters. The first-order valence-electron chi connectivity index (χ1n) is 15.8. The first kappa shape index (κ1) is 45.3. The maximum absolute atomic E-state index is 3.30. The van der Waals surface area contributed by atoms with E-state index in [0.717, 1.165) is 35.2 Å². The van der Waals surface area contributed by atoms with Crippen molar-refractivity contribution in [1.82, 2.24) is 0 Å². The standard InChI is InChI=1S/4C9H13.C2H7Si.2Hf/c2*1-3-5-9-7-4-6-8(9)2;2*1-2-3-6-9-7-4-5-8-9;1-3-2;;/h2*4H,3,5,7H2,1-2H3;2*4,7H,2-3,5-6H2,1H3;3H,1-2H3;;/q4*-1;;;. The largest absolute Gasteiger partial charge is 0.269 e. The van der Waals surface area contributed by atoms with E-state index >= 15 is 0 Å². The zero-order valence-corrected chi connectivity index (χ0v) is 36.3. The second-order valence-corrected chi connectivity index (χ2v) is 11.6. The molecule has 0 N–H and O–H groups in total. The minimum Gasteiger partial charge on any atom is -0.269 e. The van der Waals surface area contributed by atoms with Crippen LogP contribution in [0.4, 0.5) is 0 Å². The Balaban J connectivity index is -0.000000447. The molecule has 41 heavy (non-hydrogen) atoms. The molecule has 4 aliphatic rings. The molecule has 3 heteroatoms. The van der Waals surface area contributed by atoms with Gasteiger partial charge in [-0.2, -0.15) is 24.3 Å². The van der Waals surface area contributed by atoms with Gasteiger partial charge in [-0.25, -0.2) is 45.6 Å². The van der Waals surface area contributed by atoms with E-state index in [1.165, 1.54) is 86.5 Å². The summed E-state index contributed by atoms with van der Waals surface area (Å²) in [6, 6.07) is 0. The molecule has 0 heterocycles. The van der Waals surface area contributed by atoms with Crippen molar-refractivity contribution in [3.63, 3.8) is 0 Å². The number of hydrogen-bond donors (Lipinski definition) is 0. The Kier molecular flexibility index (Phi) is 36.2. The summed E-state index contributed by atoms with van der Waals surface area (Å²) in [6.07, 6.45) is 43.1. The normalized spacial score (nSPS) is 15.3. The zero-order chi connectivity index (χ0) is 29.1. The fourth-order valence-corrected chi connectivity index (χ4v) is 4.33. The molecule has 227 valence electrons. The first-order valence-corrected chi connectivity index (χ1v) is 18.1. The fourth-order valence-electron chi connectivity index (χ4n) is 4.33. The molecular formula is C38H59Hf2Si-4. The van der Waals surface area contributed by atoms with Gasteiger partial charge in [-0.05, 0) is 0 Å². The Morgan fingerprint density at radius 3 is 1.20 bits per heavy atom. The van der Waals surface area contributed by atoms with Crippen molar-refractivity contribution in [2.24, 2.45) is 0 Å². The summed E-state index contributed by atoms with van der Waals surface area (Å²) in [5.41, 5.74) is 8.73. The maximum atomic E-state index is 3.30. The summed E-state index contributed by atoms with van der Waals surface area (Å²) in [4.78, 5) is 0. The van der Waals surface area contributed by atoms with Gasteiger partial charge in [0.05, 0.1) is 0 Å². The Morgan fingerprint density at radius 2 is 0.976 bits per heavy atom. The van der Waals surface area contributed by atoms with Crippen LogP contribution in [0.2, 0.25) is 13.1 Å². The summed E-state index contributed by atoms with van der Waals surface area (Å²) in [6.45, 7) is 17.6. The van der Waals surface area contributed by atoms with E-state index in [-0.39, 0.29) is 51.7 Å². The van der Waals surface area contributed by atoms with Crippen LogP contribution in [-0.2, 0) is 51.7 Å². The summed E-state index contributed by atoms with van der Waals surface area (Å²) in [5.74, 6) is 0. The van der Waals surface area contributed by atoms with Gasteiger partial charge in [0, 0.05) is 61.2 Å². The summed E-state index contributed by atoms with van der Waals surface area (Å²) in [5, 5.41) is 0. The first-order chi connectivity index (χ1) is 19.0. The number of unbranched alkanes of at least 4 members (excludes halogenated alkanes) is 2. The smallest absolute Gasteiger partial charge is 0.0213 e.